The van der Waals surface area contributed by atoms with Gasteiger partial charge in [0.05, 0.1) is 17.1 Å². The maximum Gasteiger partial charge on any atom is 0.322 e. The standard InChI is InChI=1S/C26H26N4O2/c1-2-29-23-12-7-6-11-22(23)28-25(29)24-13-8-18-30(24)26(31)27-19-14-16-21(17-15-19)32-20-9-4-3-5-10-20/h3-7,9-12,14-17,24H,2,8,13,18H2,1H3,(H,27,31). The Kier molecular flexibility index (Phi) is 5.50. The second kappa shape index (κ2) is 8.75. The highest BCUT2D eigenvalue weighted by Gasteiger charge is 2.33. The number of nitrogens with zero attached hydrogens (tertiary/aromatic N) is 3. The summed E-state index contributed by atoms with van der Waals surface area (Å²) in [5.41, 5.74) is 2.84. The van der Waals surface area contributed by atoms with Crippen LogP contribution in [0.4, 0.5) is 10.5 Å². The topological polar surface area (TPSA) is 59.4 Å². The zero-order valence-electron chi connectivity index (χ0n) is 18.1. The zero-order chi connectivity index (χ0) is 21.9. The van der Waals surface area contributed by atoms with Crippen molar-refractivity contribution in [2.45, 2.75) is 32.4 Å². The van der Waals surface area contributed by atoms with Crippen molar-refractivity contribution in [3.63, 3.8) is 0 Å². The van der Waals surface area contributed by atoms with Crippen LogP contribution in [0.25, 0.3) is 11.0 Å². The van der Waals surface area contributed by atoms with Crippen molar-refractivity contribution in [3.8, 4) is 11.5 Å². The number of amides is 2. The van der Waals surface area contributed by atoms with E-state index in [0.29, 0.717) is 0 Å². The van der Waals surface area contributed by atoms with Crippen LogP contribution in [0.1, 0.15) is 31.6 Å². The normalized spacial score (nSPS) is 15.8. The van der Waals surface area contributed by atoms with E-state index in [1.165, 1.54) is 0 Å². The molecule has 1 aliphatic heterocycles. The van der Waals surface area contributed by atoms with Crippen molar-refractivity contribution in [3.05, 3.63) is 84.7 Å². The minimum absolute atomic E-state index is 0.0250. The molecule has 162 valence electrons. The summed E-state index contributed by atoms with van der Waals surface area (Å²) in [6, 6.07) is 25.1. The molecule has 1 atom stereocenters. The lowest BCUT2D eigenvalue weighted by Gasteiger charge is -2.25. The molecule has 0 saturated carbocycles. The second-order valence-corrected chi connectivity index (χ2v) is 7.92. The summed E-state index contributed by atoms with van der Waals surface area (Å²) < 4.78 is 8.06. The Morgan fingerprint density at radius 1 is 1.00 bits per heavy atom. The number of rotatable bonds is 5. The van der Waals surface area contributed by atoms with Crippen molar-refractivity contribution in [2.75, 3.05) is 11.9 Å². The van der Waals surface area contributed by atoms with E-state index in [1.54, 1.807) is 0 Å². The molecule has 1 unspecified atom stereocenters. The molecule has 0 bridgehead atoms. The Morgan fingerprint density at radius 2 is 1.72 bits per heavy atom. The van der Waals surface area contributed by atoms with E-state index >= 15 is 0 Å². The van der Waals surface area contributed by atoms with Gasteiger partial charge in [0, 0.05) is 18.8 Å². The number of benzene rings is 3. The van der Waals surface area contributed by atoms with Crippen LogP contribution in [0.15, 0.2) is 78.9 Å². The number of aryl methyl sites for hydroxylation is 1. The first kappa shape index (κ1) is 20.1. The monoisotopic (exact) mass is 426 g/mol. The van der Waals surface area contributed by atoms with Gasteiger partial charge in [0.1, 0.15) is 17.3 Å². The molecule has 1 saturated heterocycles. The number of fused-ring (bicyclic) bond motifs is 1. The van der Waals surface area contributed by atoms with Gasteiger partial charge in [0.2, 0.25) is 0 Å². The van der Waals surface area contributed by atoms with Gasteiger partial charge < -0.3 is 19.5 Å². The number of para-hydroxylation sites is 3. The third-order valence-corrected chi connectivity index (χ3v) is 5.90. The van der Waals surface area contributed by atoms with E-state index in [-0.39, 0.29) is 12.1 Å². The summed E-state index contributed by atoms with van der Waals surface area (Å²) >= 11 is 0. The fourth-order valence-electron chi connectivity index (χ4n) is 4.39. The Balaban J connectivity index is 1.31. The highest BCUT2D eigenvalue weighted by molar-refractivity contribution is 5.90. The number of imidazole rings is 1. The molecule has 1 N–H and O–H groups in total. The van der Waals surface area contributed by atoms with Gasteiger partial charge in [-0.25, -0.2) is 9.78 Å². The van der Waals surface area contributed by atoms with Gasteiger partial charge in [-0.3, -0.25) is 0 Å². The third kappa shape index (κ3) is 3.91. The quantitative estimate of drug-likeness (QED) is 0.412. The molecule has 0 spiro atoms. The van der Waals surface area contributed by atoms with Crippen LogP contribution in [-0.2, 0) is 6.54 Å². The van der Waals surface area contributed by atoms with Crippen molar-refractivity contribution >= 4 is 22.8 Å². The summed E-state index contributed by atoms with van der Waals surface area (Å²) in [6.45, 7) is 3.67. The number of urea groups is 1. The molecule has 3 aromatic carbocycles. The lowest BCUT2D eigenvalue weighted by atomic mass is 10.2. The van der Waals surface area contributed by atoms with E-state index in [1.807, 2.05) is 77.7 Å². The van der Waals surface area contributed by atoms with E-state index in [2.05, 4.69) is 22.9 Å². The first-order valence-corrected chi connectivity index (χ1v) is 11.1. The highest BCUT2D eigenvalue weighted by Crippen LogP contribution is 2.34. The van der Waals surface area contributed by atoms with Crippen LogP contribution >= 0.6 is 0 Å². The molecular formula is C26H26N4O2. The first-order valence-electron chi connectivity index (χ1n) is 11.1. The average Bonchev–Trinajstić information content (AvgIpc) is 3.45. The maximum atomic E-state index is 13.1. The smallest absolute Gasteiger partial charge is 0.322 e. The van der Waals surface area contributed by atoms with Gasteiger partial charge >= 0.3 is 6.03 Å². The van der Waals surface area contributed by atoms with Crippen LogP contribution in [-0.4, -0.2) is 27.0 Å². The molecule has 1 fully saturated rings. The summed E-state index contributed by atoms with van der Waals surface area (Å²) in [4.78, 5) is 19.9. The molecule has 5 rings (SSSR count). The molecule has 2 heterocycles. The predicted molar refractivity (Wildman–Crippen MR) is 126 cm³/mol. The maximum absolute atomic E-state index is 13.1. The zero-order valence-corrected chi connectivity index (χ0v) is 18.1. The molecule has 6 nitrogen and oxygen atoms in total. The van der Waals surface area contributed by atoms with Crippen LogP contribution < -0.4 is 10.1 Å². The summed E-state index contributed by atoms with van der Waals surface area (Å²) in [5.74, 6) is 2.47. The molecule has 32 heavy (non-hydrogen) atoms. The van der Waals surface area contributed by atoms with Crippen LogP contribution in [0.5, 0.6) is 11.5 Å². The average molecular weight is 427 g/mol. The van der Waals surface area contributed by atoms with Gasteiger partial charge in [0.15, 0.2) is 0 Å². The van der Waals surface area contributed by atoms with Crippen LogP contribution in [0, 0.1) is 0 Å². The van der Waals surface area contributed by atoms with Gasteiger partial charge in [-0.2, -0.15) is 0 Å². The Labute approximate surface area is 187 Å². The van der Waals surface area contributed by atoms with Gasteiger partial charge in [-0.15, -0.1) is 0 Å². The van der Waals surface area contributed by atoms with E-state index < -0.39 is 0 Å². The number of hydrogen-bond acceptors (Lipinski definition) is 3. The van der Waals surface area contributed by atoms with Gasteiger partial charge in [0.25, 0.3) is 0 Å². The van der Waals surface area contributed by atoms with Crippen molar-refractivity contribution in [1.82, 2.24) is 14.5 Å². The Bertz CT molecular complexity index is 1220. The molecule has 0 aliphatic carbocycles. The number of carbonyl (C=O) groups excluding carboxylic acids is 1. The molecule has 2 amide bonds. The van der Waals surface area contributed by atoms with E-state index in [9.17, 15) is 4.79 Å². The number of anilines is 1. The summed E-state index contributed by atoms with van der Waals surface area (Å²) in [7, 11) is 0. The molecule has 1 aromatic heterocycles. The van der Waals surface area contributed by atoms with Crippen molar-refractivity contribution in [2.24, 2.45) is 0 Å². The number of carbonyl (C=O) groups is 1. The number of nitrogens with one attached hydrogen (secondary N) is 1. The number of hydrogen-bond donors (Lipinski definition) is 1. The fraction of sp³-hybridized carbons (Fsp3) is 0.231. The third-order valence-electron chi connectivity index (χ3n) is 5.90. The van der Waals surface area contributed by atoms with E-state index in [4.69, 9.17) is 9.72 Å². The number of aromatic nitrogens is 2. The number of ether oxygens (including phenoxy) is 1. The molecule has 4 aromatic rings. The predicted octanol–water partition coefficient (Wildman–Crippen LogP) is 6.22. The highest BCUT2D eigenvalue weighted by atomic mass is 16.5. The molecule has 1 aliphatic rings. The van der Waals surface area contributed by atoms with Crippen LogP contribution in [0.3, 0.4) is 0 Å². The lowest BCUT2D eigenvalue weighted by molar-refractivity contribution is 0.204. The largest absolute Gasteiger partial charge is 0.457 e. The summed E-state index contributed by atoms with van der Waals surface area (Å²) in [5, 5.41) is 3.04. The Morgan fingerprint density at radius 3 is 2.50 bits per heavy atom. The summed E-state index contributed by atoms with van der Waals surface area (Å²) in [6.07, 6.45) is 1.88. The van der Waals surface area contributed by atoms with Gasteiger partial charge in [-0.05, 0) is 68.3 Å². The minimum Gasteiger partial charge on any atom is -0.457 e. The molecule has 0 radical (unpaired) electrons. The van der Waals surface area contributed by atoms with Crippen molar-refractivity contribution < 1.29 is 9.53 Å². The van der Waals surface area contributed by atoms with Crippen LogP contribution in [0.2, 0.25) is 0 Å². The lowest BCUT2D eigenvalue weighted by Crippen LogP contribution is -2.35. The fourth-order valence-corrected chi connectivity index (χ4v) is 4.39. The molecule has 6 heteroatoms. The Hall–Kier alpha value is -3.80. The second-order valence-electron chi connectivity index (χ2n) is 7.92. The van der Waals surface area contributed by atoms with Gasteiger partial charge in [-0.1, -0.05) is 30.3 Å². The minimum atomic E-state index is -0.0982. The first-order chi connectivity index (χ1) is 15.7. The number of likely N-dealkylation sites (tertiary alicyclic amines) is 1. The van der Waals surface area contributed by atoms with E-state index in [0.717, 1.165) is 60.0 Å². The SMILES string of the molecule is CCn1c(C2CCCN2C(=O)Nc2ccc(Oc3ccccc3)cc2)nc2ccccc21. The van der Waals surface area contributed by atoms with Crippen molar-refractivity contribution in [1.29, 1.82) is 0 Å². The molecular weight excluding hydrogens is 400 g/mol.